The van der Waals surface area contributed by atoms with Gasteiger partial charge in [-0.3, -0.25) is 9.78 Å². The van der Waals surface area contributed by atoms with Crippen molar-refractivity contribution >= 4 is 11.9 Å². The number of aromatic nitrogens is 1. The second-order valence-electron chi connectivity index (χ2n) is 5.72. The van der Waals surface area contributed by atoms with Gasteiger partial charge in [0.15, 0.2) is 0 Å². The van der Waals surface area contributed by atoms with E-state index in [0.717, 1.165) is 4.90 Å². The van der Waals surface area contributed by atoms with Crippen molar-refractivity contribution in [2.75, 3.05) is 6.54 Å². The van der Waals surface area contributed by atoms with Crippen LogP contribution >= 0.6 is 0 Å². The summed E-state index contributed by atoms with van der Waals surface area (Å²) in [5.74, 6) is -14.9. The van der Waals surface area contributed by atoms with Gasteiger partial charge in [0.2, 0.25) is 34.8 Å². The number of likely N-dealkylation sites (tertiary alicyclic amines) is 1. The molecule has 1 amide bonds. The van der Waals surface area contributed by atoms with Gasteiger partial charge >= 0.3 is 5.97 Å². The number of halogens is 5. The summed E-state index contributed by atoms with van der Waals surface area (Å²) in [6.45, 7) is 0.157. The summed E-state index contributed by atoms with van der Waals surface area (Å²) in [6.07, 6.45) is 3.21. The maximum absolute atomic E-state index is 13.7. The molecule has 10 heteroatoms. The van der Waals surface area contributed by atoms with Gasteiger partial charge in [-0.2, -0.15) is 8.78 Å². The van der Waals surface area contributed by atoms with Crippen LogP contribution < -0.4 is 4.74 Å². The van der Waals surface area contributed by atoms with Crippen molar-refractivity contribution in [1.82, 2.24) is 9.88 Å². The Hall–Kier alpha value is -3.04. The Kier molecular flexibility index (Phi) is 5.06. The average molecular weight is 386 g/mol. The van der Waals surface area contributed by atoms with Crippen LogP contribution in [0.3, 0.4) is 0 Å². The highest BCUT2D eigenvalue weighted by atomic mass is 19.2. The summed E-state index contributed by atoms with van der Waals surface area (Å²) >= 11 is 0. The highest BCUT2D eigenvalue weighted by Gasteiger charge is 2.38. The third-order valence-electron chi connectivity index (χ3n) is 4.07. The van der Waals surface area contributed by atoms with Gasteiger partial charge in [-0.1, -0.05) is 0 Å². The van der Waals surface area contributed by atoms with Crippen LogP contribution in [0.4, 0.5) is 22.0 Å². The minimum atomic E-state index is -2.36. The van der Waals surface area contributed by atoms with Gasteiger partial charge in [-0.25, -0.2) is 18.0 Å². The lowest BCUT2D eigenvalue weighted by Crippen LogP contribution is -2.42. The number of esters is 1. The standard InChI is InChI=1S/C17H11F5N2O3/c18-10-11(19)13(21)15(14(22)12(10)20)27-17(26)9-4-2-6-24(9)16(25)8-3-1-5-23-7-8/h1,3,5,7,9H,2,4,6H2/t9-/m0/s1. The fourth-order valence-electron chi connectivity index (χ4n) is 2.75. The number of rotatable bonds is 3. The van der Waals surface area contributed by atoms with E-state index < -0.39 is 52.8 Å². The SMILES string of the molecule is O=C(Oc1c(F)c(F)c(F)c(F)c1F)[C@@H]1CCCN1C(=O)c1cccnc1. The molecule has 1 aromatic carbocycles. The topological polar surface area (TPSA) is 59.5 Å². The molecule has 0 spiro atoms. The summed E-state index contributed by atoms with van der Waals surface area (Å²) < 4.78 is 71.3. The first-order valence-corrected chi connectivity index (χ1v) is 7.77. The lowest BCUT2D eigenvalue weighted by Gasteiger charge is -2.23. The monoisotopic (exact) mass is 386 g/mol. The fourth-order valence-corrected chi connectivity index (χ4v) is 2.75. The molecule has 0 aliphatic carbocycles. The number of carbonyl (C=O) groups excluding carboxylic acids is 2. The zero-order valence-corrected chi connectivity index (χ0v) is 13.5. The third-order valence-corrected chi connectivity index (χ3v) is 4.07. The molecule has 0 saturated carbocycles. The van der Waals surface area contributed by atoms with Gasteiger partial charge in [0.1, 0.15) is 6.04 Å². The van der Waals surface area contributed by atoms with Crippen LogP contribution in [0.25, 0.3) is 0 Å². The molecule has 0 radical (unpaired) electrons. The molecule has 1 atom stereocenters. The van der Waals surface area contributed by atoms with E-state index in [1.807, 2.05) is 0 Å². The van der Waals surface area contributed by atoms with E-state index >= 15 is 0 Å². The van der Waals surface area contributed by atoms with E-state index in [4.69, 9.17) is 0 Å². The number of hydrogen-bond acceptors (Lipinski definition) is 4. The number of hydrogen-bond donors (Lipinski definition) is 0. The number of benzene rings is 1. The molecule has 1 aliphatic rings. The second kappa shape index (κ2) is 7.29. The van der Waals surface area contributed by atoms with Gasteiger partial charge in [0.25, 0.3) is 5.91 Å². The molecular weight excluding hydrogens is 375 g/mol. The molecule has 0 bridgehead atoms. The molecule has 1 aliphatic heterocycles. The lowest BCUT2D eigenvalue weighted by molar-refractivity contribution is -0.139. The predicted octanol–water partition coefficient (Wildman–Crippen LogP) is 2.99. The molecule has 1 saturated heterocycles. The van der Waals surface area contributed by atoms with Crippen LogP contribution in [-0.2, 0) is 4.79 Å². The second-order valence-corrected chi connectivity index (χ2v) is 5.72. The van der Waals surface area contributed by atoms with Crippen LogP contribution in [0.5, 0.6) is 5.75 Å². The predicted molar refractivity (Wildman–Crippen MR) is 80.2 cm³/mol. The normalized spacial score (nSPS) is 16.5. The zero-order valence-electron chi connectivity index (χ0n) is 13.5. The van der Waals surface area contributed by atoms with E-state index in [-0.39, 0.29) is 18.5 Å². The van der Waals surface area contributed by atoms with E-state index in [1.165, 1.54) is 24.5 Å². The van der Waals surface area contributed by atoms with Crippen molar-refractivity contribution in [3.05, 3.63) is 59.2 Å². The van der Waals surface area contributed by atoms with Gasteiger partial charge in [-0.05, 0) is 25.0 Å². The molecule has 0 N–H and O–H groups in total. The van der Waals surface area contributed by atoms with Crippen LogP contribution in [0.15, 0.2) is 24.5 Å². The minimum Gasteiger partial charge on any atom is -0.418 e. The lowest BCUT2D eigenvalue weighted by atomic mass is 10.2. The molecule has 1 aromatic heterocycles. The number of carbonyl (C=O) groups is 2. The van der Waals surface area contributed by atoms with Crippen LogP contribution in [0.2, 0.25) is 0 Å². The smallest absolute Gasteiger partial charge is 0.334 e. The number of ether oxygens (including phenoxy) is 1. The maximum Gasteiger partial charge on any atom is 0.334 e. The quantitative estimate of drug-likeness (QED) is 0.268. The molecule has 2 aromatic rings. The Morgan fingerprint density at radius 1 is 1.04 bits per heavy atom. The molecule has 1 fully saturated rings. The van der Waals surface area contributed by atoms with Crippen molar-refractivity contribution < 1.29 is 36.3 Å². The van der Waals surface area contributed by atoms with E-state index in [1.54, 1.807) is 0 Å². The number of nitrogens with zero attached hydrogens (tertiary/aromatic N) is 2. The van der Waals surface area contributed by atoms with Gasteiger partial charge in [0, 0.05) is 18.9 Å². The summed E-state index contributed by atoms with van der Waals surface area (Å²) in [6, 6.07) is 1.73. The number of amides is 1. The molecule has 0 unspecified atom stereocenters. The van der Waals surface area contributed by atoms with Gasteiger partial charge < -0.3 is 9.64 Å². The Bertz CT molecular complexity index is 878. The van der Waals surface area contributed by atoms with Gasteiger partial charge in [0.05, 0.1) is 5.56 Å². The average Bonchev–Trinajstić information content (AvgIpc) is 3.18. The minimum absolute atomic E-state index is 0.111. The highest BCUT2D eigenvalue weighted by molar-refractivity contribution is 5.97. The molecule has 3 rings (SSSR count). The molecule has 2 heterocycles. The van der Waals surface area contributed by atoms with Crippen LogP contribution in [0, 0.1) is 29.1 Å². The summed E-state index contributed by atoms with van der Waals surface area (Å²) in [5.41, 5.74) is 0.174. The Morgan fingerprint density at radius 3 is 2.26 bits per heavy atom. The Balaban J connectivity index is 1.85. The fraction of sp³-hybridized carbons (Fsp3) is 0.235. The Morgan fingerprint density at radius 2 is 1.67 bits per heavy atom. The van der Waals surface area contributed by atoms with Crippen LogP contribution in [-0.4, -0.2) is 34.3 Å². The molecule has 142 valence electrons. The maximum atomic E-state index is 13.7. The van der Waals surface area contributed by atoms with Crippen molar-refractivity contribution in [2.24, 2.45) is 0 Å². The number of pyridine rings is 1. The summed E-state index contributed by atoms with van der Waals surface area (Å²) in [7, 11) is 0. The van der Waals surface area contributed by atoms with E-state index in [2.05, 4.69) is 9.72 Å². The van der Waals surface area contributed by atoms with Crippen LogP contribution in [0.1, 0.15) is 23.2 Å². The highest BCUT2D eigenvalue weighted by Crippen LogP contribution is 2.30. The zero-order chi connectivity index (χ0) is 19.7. The van der Waals surface area contributed by atoms with E-state index in [9.17, 15) is 31.5 Å². The summed E-state index contributed by atoms with van der Waals surface area (Å²) in [4.78, 5) is 29.6. The third kappa shape index (κ3) is 3.34. The van der Waals surface area contributed by atoms with Gasteiger partial charge in [-0.15, -0.1) is 0 Å². The molecule has 5 nitrogen and oxygen atoms in total. The summed E-state index contributed by atoms with van der Waals surface area (Å²) in [5, 5.41) is 0. The van der Waals surface area contributed by atoms with Crippen molar-refractivity contribution in [1.29, 1.82) is 0 Å². The Labute approximate surface area is 149 Å². The first-order valence-electron chi connectivity index (χ1n) is 7.77. The van der Waals surface area contributed by atoms with Crippen molar-refractivity contribution in [2.45, 2.75) is 18.9 Å². The largest absolute Gasteiger partial charge is 0.418 e. The van der Waals surface area contributed by atoms with Crippen molar-refractivity contribution in [3.8, 4) is 5.75 Å². The first kappa shape index (κ1) is 18.7. The van der Waals surface area contributed by atoms with Crippen molar-refractivity contribution in [3.63, 3.8) is 0 Å². The van der Waals surface area contributed by atoms with E-state index in [0.29, 0.717) is 6.42 Å². The molecular formula is C17H11F5N2O3. The first-order chi connectivity index (χ1) is 12.8. The molecule has 27 heavy (non-hydrogen) atoms.